The summed E-state index contributed by atoms with van der Waals surface area (Å²) in [6, 6.07) is 0.833. The van der Waals surface area contributed by atoms with Crippen molar-refractivity contribution in [3.8, 4) is 0 Å². The summed E-state index contributed by atoms with van der Waals surface area (Å²) < 4.78 is 0. The van der Waals surface area contributed by atoms with Crippen LogP contribution in [0.4, 0.5) is 0 Å². The zero-order valence-corrected chi connectivity index (χ0v) is 8.41. The van der Waals surface area contributed by atoms with E-state index < -0.39 is 0 Å². The van der Waals surface area contributed by atoms with Crippen molar-refractivity contribution >= 4 is 0 Å². The minimum Gasteiger partial charge on any atom is -0.300 e. The van der Waals surface area contributed by atoms with Gasteiger partial charge in [0.05, 0.1) is 0 Å². The van der Waals surface area contributed by atoms with Gasteiger partial charge in [-0.2, -0.15) is 0 Å². The molecule has 2 heterocycles. The van der Waals surface area contributed by atoms with Crippen LogP contribution >= 0.6 is 0 Å². The highest BCUT2D eigenvalue weighted by atomic mass is 15.4. The fourth-order valence-electron chi connectivity index (χ4n) is 2.53. The first-order chi connectivity index (χ1) is 6.36. The molecule has 0 aromatic rings. The summed E-state index contributed by atoms with van der Waals surface area (Å²) in [5.74, 6) is 5.74. The van der Waals surface area contributed by atoms with E-state index in [4.69, 9.17) is 5.84 Å². The molecule has 0 unspecified atom stereocenters. The normalized spacial score (nSPS) is 29.3. The Labute approximate surface area is 80.8 Å². The average molecular weight is 183 g/mol. The van der Waals surface area contributed by atoms with Gasteiger partial charge in [-0.3, -0.25) is 5.84 Å². The van der Waals surface area contributed by atoms with Crippen molar-refractivity contribution in [2.24, 2.45) is 5.84 Å². The number of hydrogen-bond acceptors (Lipinski definition) is 3. The third-order valence-corrected chi connectivity index (χ3v) is 3.41. The molecule has 2 saturated heterocycles. The second-order valence-electron chi connectivity index (χ2n) is 4.36. The maximum Gasteiger partial charge on any atom is 0.0143 e. The lowest BCUT2D eigenvalue weighted by Crippen LogP contribution is -2.48. The Morgan fingerprint density at radius 3 is 2.08 bits per heavy atom. The van der Waals surface area contributed by atoms with E-state index in [9.17, 15) is 0 Å². The van der Waals surface area contributed by atoms with Crippen molar-refractivity contribution in [2.45, 2.75) is 38.1 Å². The first kappa shape index (κ1) is 9.44. The Hall–Kier alpha value is -0.120. The molecule has 0 aliphatic carbocycles. The topological polar surface area (TPSA) is 32.5 Å². The molecule has 2 rings (SSSR count). The van der Waals surface area contributed by atoms with Gasteiger partial charge in [-0.1, -0.05) is 6.42 Å². The lowest BCUT2D eigenvalue weighted by Gasteiger charge is -2.38. The summed E-state index contributed by atoms with van der Waals surface area (Å²) in [6.45, 7) is 4.83. The van der Waals surface area contributed by atoms with E-state index in [1.54, 1.807) is 0 Å². The van der Waals surface area contributed by atoms with Crippen molar-refractivity contribution < 1.29 is 0 Å². The molecule has 0 saturated carbocycles. The molecule has 0 radical (unpaired) electrons. The largest absolute Gasteiger partial charge is 0.300 e. The molecule has 0 aromatic heterocycles. The first-order valence-corrected chi connectivity index (χ1v) is 5.60. The van der Waals surface area contributed by atoms with E-state index in [0.717, 1.165) is 19.1 Å². The first-order valence-electron chi connectivity index (χ1n) is 5.60. The van der Waals surface area contributed by atoms with Crippen LogP contribution in [0.25, 0.3) is 0 Å². The molecule has 76 valence electrons. The van der Waals surface area contributed by atoms with Crippen molar-refractivity contribution in [1.29, 1.82) is 0 Å². The van der Waals surface area contributed by atoms with Crippen LogP contribution in [0.2, 0.25) is 0 Å². The van der Waals surface area contributed by atoms with E-state index in [1.165, 1.54) is 45.2 Å². The van der Waals surface area contributed by atoms with E-state index in [2.05, 4.69) is 4.90 Å². The average Bonchev–Trinajstić information content (AvgIpc) is 2.20. The van der Waals surface area contributed by atoms with Gasteiger partial charge in [0.1, 0.15) is 0 Å². The number of piperidine rings is 2. The second kappa shape index (κ2) is 4.40. The van der Waals surface area contributed by atoms with Gasteiger partial charge in [0.25, 0.3) is 0 Å². The van der Waals surface area contributed by atoms with E-state index in [-0.39, 0.29) is 0 Å². The molecular formula is C10H21N3. The number of hydrogen-bond donors (Lipinski definition) is 1. The summed E-state index contributed by atoms with van der Waals surface area (Å²) >= 11 is 0. The lowest BCUT2D eigenvalue weighted by molar-refractivity contribution is 0.0929. The van der Waals surface area contributed by atoms with Crippen LogP contribution in [0.15, 0.2) is 0 Å². The SMILES string of the molecule is NN1CCC(N2CCCCC2)CC1. The summed E-state index contributed by atoms with van der Waals surface area (Å²) in [5.41, 5.74) is 0. The molecule has 13 heavy (non-hydrogen) atoms. The van der Waals surface area contributed by atoms with E-state index >= 15 is 0 Å². The number of nitrogens with zero attached hydrogens (tertiary/aromatic N) is 2. The monoisotopic (exact) mass is 183 g/mol. The van der Waals surface area contributed by atoms with Crippen LogP contribution in [-0.4, -0.2) is 42.1 Å². The van der Waals surface area contributed by atoms with Crippen molar-refractivity contribution in [3.63, 3.8) is 0 Å². The quantitative estimate of drug-likeness (QED) is 0.611. The predicted octanol–water partition coefficient (Wildman–Crippen LogP) is 0.810. The van der Waals surface area contributed by atoms with Gasteiger partial charge in [-0.15, -0.1) is 0 Å². The lowest BCUT2D eigenvalue weighted by atomic mass is 10.0. The second-order valence-corrected chi connectivity index (χ2v) is 4.36. The minimum absolute atomic E-state index is 0.833. The Balaban J connectivity index is 1.79. The standard InChI is InChI=1S/C10H21N3/c11-13-8-4-10(5-9-13)12-6-2-1-3-7-12/h10H,1-9,11H2. The van der Waals surface area contributed by atoms with Crippen LogP contribution in [0, 0.1) is 0 Å². The Kier molecular flexibility index (Phi) is 3.19. The third kappa shape index (κ3) is 2.42. The summed E-state index contributed by atoms with van der Waals surface area (Å²) in [6.07, 6.45) is 6.80. The summed E-state index contributed by atoms with van der Waals surface area (Å²) in [4.78, 5) is 2.68. The highest BCUT2D eigenvalue weighted by Crippen LogP contribution is 2.19. The highest BCUT2D eigenvalue weighted by Gasteiger charge is 2.23. The maximum absolute atomic E-state index is 5.74. The van der Waals surface area contributed by atoms with Crippen LogP contribution in [0.5, 0.6) is 0 Å². The van der Waals surface area contributed by atoms with Gasteiger partial charge in [-0.25, -0.2) is 5.01 Å². The van der Waals surface area contributed by atoms with Gasteiger partial charge in [0.15, 0.2) is 0 Å². The number of nitrogens with two attached hydrogens (primary N) is 1. The van der Waals surface area contributed by atoms with E-state index in [0.29, 0.717) is 0 Å². The highest BCUT2D eigenvalue weighted by molar-refractivity contribution is 4.79. The fourth-order valence-corrected chi connectivity index (χ4v) is 2.53. The molecule has 0 aromatic carbocycles. The molecule has 3 nitrogen and oxygen atoms in total. The molecule has 3 heteroatoms. The van der Waals surface area contributed by atoms with Gasteiger partial charge in [0.2, 0.25) is 0 Å². The summed E-state index contributed by atoms with van der Waals surface area (Å²) in [5, 5.41) is 1.96. The third-order valence-electron chi connectivity index (χ3n) is 3.41. The minimum atomic E-state index is 0.833. The molecule has 2 aliphatic heterocycles. The Morgan fingerprint density at radius 2 is 1.46 bits per heavy atom. The number of rotatable bonds is 1. The molecule has 2 N–H and O–H groups in total. The molecular weight excluding hydrogens is 162 g/mol. The van der Waals surface area contributed by atoms with Crippen molar-refractivity contribution in [2.75, 3.05) is 26.2 Å². The smallest absolute Gasteiger partial charge is 0.0143 e. The molecule has 2 aliphatic rings. The van der Waals surface area contributed by atoms with Crippen molar-refractivity contribution in [3.05, 3.63) is 0 Å². The summed E-state index contributed by atoms with van der Waals surface area (Å²) in [7, 11) is 0. The van der Waals surface area contributed by atoms with E-state index in [1.807, 2.05) is 5.01 Å². The molecule has 0 amide bonds. The molecule has 0 bridgehead atoms. The Morgan fingerprint density at radius 1 is 0.846 bits per heavy atom. The van der Waals surface area contributed by atoms with Gasteiger partial charge < -0.3 is 4.90 Å². The van der Waals surface area contributed by atoms with Crippen LogP contribution in [-0.2, 0) is 0 Å². The van der Waals surface area contributed by atoms with Crippen molar-refractivity contribution in [1.82, 2.24) is 9.91 Å². The molecule has 0 atom stereocenters. The van der Waals surface area contributed by atoms with Crippen LogP contribution in [0.3, 0.4) is 0 Å². The Bertz CT molecular complexity index is 146. The zero-order chi connectivity index (χ0) is 9.10. The van der Waals surface area contributed by atoms with Gasteiger partial charge >= 0.3 is 0 Å². The number of likely N-dealkylation sites (tertiary alicyclic amines) is 1. The molecule has 2 fully saturated rings. The van der Waals surface area contributed by atoms with Crippen LogP contribution < -0.4 is 5.84 Å². The number of hydrazine groups is 1. The van der Waals surface area contributed by atoms with Gasteiger partial charge in [0, 0.05) is 19.1 Å². The van der Waals surface area contributed by atoms with Crippen LogP contribution in [0.1, 0.15) is 32.1 Å². The maximum atomic E-state index is 5.74. The zero-order valence-electron chi connectivity index (χ0n) is 8.41. The molecule has 0 spiro atoms. The fraction of sp³-hybridized carbons (Fsp3) is 1.00. The predicted molar refractivity (Wildman–Crippen MR) is 54.2 cm³/mol. The van der Waals surface area contributed by atoms with Gasteiger partial charge in [-0.05, 0) is 38.8 Å².